The number of aromatic nitrogens is 1. The summed E-state index contributed by atoms with van der Waals surface area (Å²) in [7, 11) is 0. The summed E-state index contributed by atoms with van der Waals surface area (Å²) in [6.45, 7) is -0.347. The third kappa shape index (κ3) is 5.41. The molecular weight excluding hydrogens is 475 g/mol. The van der Waals surface area contributed by atoms with Crippen molar-refractivity contribution in [3.63, 3.8) is 0 Å². The quantitative estimate of drug-likeness (QED) is 0.412. The minimum atomic E-state index is -4.63. The zero-order valence-corrected chi connectivity index (χ0v) is 17.8. The molecule has 0 aliphatic rings. The van der Waals surface area contributed by atoms with Crippen LogP contribution < -0.4 is 20.8 Å². The molecule has 4 rings (SSSR count). The highest BCUT2D eigenvalue weighted by Gasteiger charge is 2.35. The molecule has 34 heavy (non-hydrogen) atoms. The summed E-state index contributed by atoms with van der Waals surface area (Å²) in [5.41, 5.74) is 0.706. The minimum Gasteiger partial charge on any atom is -0.484 e. The number of rotatable bonds is 6. The van der Waals surface area contributed by atoms with E-state index < -0.39 is 23.0 Å². The molecule has 2 N–H and O–H groups in total. The minimum absolute atomic E-state index is 0.200. The van der Waals surface area contributed by atoms with Gasteiger partial charge < -0.3 is 19.8 Å². The van der Waals surface area contributed by atoms with Crippen molar-refractivity contribution < 1.29 is 31.9 Å². The summed E-state index contributed by atoms with van der Waals surface area (Å²) in [5, 5.41) is 4.31. The predicted molar refractivity (Wildman–Crippen MR) is 118 cm³/mol. The zero-order chi connectivity index (χ0) is 24.3. The standard InChI is InChI=1S/C22H14F3N3O5S/c23-22(24,25)21-26-10-18(34-21)20(31)28-13-3-1-2-12(8-13)27-19(30)11-33-14-4-5-15-16(29)6-7-32-17(15)9-14/h1-10H,11H2,(H,27,30)(H,28,31). The highest BCUT2D eigenvalue weighted by molar-refractivity contribution is 7.13. The van der Waals surface area contributed by atoms with E-state index >= 15 is 0 Å². The van der Waals surface area contributed by atoms with Crippen LogP contribution in [0.15, 0.2) is 70.2 Å². The fourth-order valence-corrected chi connectivity index (χ4v) is 3.55. The molecular formula is C22H14F3N3O5S. The number of fused-ring (bicyclic) bond motifs is 1. The van der Waals surface area contributed by atoms with Crippen LogP contribution in [0.3, 0.4) is 0 Å². The maximum Gasteiger partial charge on any atom is 0.443 e. The van der Waals surface area contributed by atoms with Gasteiger partial charge in [0.1, 0.15) is 16.2 Å². The van der Waals surface area contributed by atoms with Crippen LogP contribution in [0.25, 0.3) is 11.0 Å². The monoisotopic (exact) mass is 489 g/mol. The summed E-state index contributed by atoms with van der Waals surface area (Å²) >= 11 is 0.229. The van der Waals surface area contributed by atoms with Crippen LogP contribution in [-0.4, -0.2) is 23.4 Å². The molecule has 0 bridgehead atoms. The predicted octanol–water partition coefficient (Wildman–Crippen LogP) is 4.54. The molecule has 0 aliphatic heterocycles. The molecule has 0 spiro atoms. The number of hydrogen-bond acceptors (Lipinski definition) is 7. The van der Waals surface area contributed by atoms with Crippen molar-refractivity contribution in [1.29, 1.82) is 0 Å². The Morgan fingerprint density at radius 1 is 1.06 bits per heavy atom. The average molecular weight is 489 g/mol. The molecule has 0 saturated heterocycles. The molecule has 174 valence electrons. The van der Waals surface area contributed by atoms with E-state index in [9.17, 15) is 27.6 Å². The molecule has 2 heterocycles. The fraction of sp³-hybridized carbons (Fsp3) is 0.0909. The summed E-state index contributed by atoms with van der Waals surface area (Å²) in [6.07, 6.45) is -2.52. The lowest BCUT2D eigenvalue weighted by molar-refractivity contribution is -0.137. The molecule has 0 radical (unpaired) electrons. The number of alkyl halides is 3. The number of nitrogens with one attached hydrogen (secondary N) is 2. The van der Waals surface area contributed by atoms with E-state index in [0.29, 0.717) is 22.4 Å². The van der Waals surface area contributed by atoms with Gasteiger partial charge in [0.05, 0.1) is 17.8 Å². The maximum absolute atomic E-state index is 12.7. The zero-order valence-electron chi connectivity index (χ0n) is 17.0. The van der Waals surface area contributed by atoms with Gasteiger partial charge in [0, 0.05) is 23.5 Å². The van der Waals surface area contributed by atoms with E-state index in [2.05, 4.69) is 15.6 Å². The van der Waals surface area contributed by atoms with Crippen molar-refractivity contribution in [1.82, 2.24) is 4.98 Å². The van der Waals surface area contributed by atoms with E-state index in [1.165, 1.54) is 42.7 Å². The van der Waals surface area contributed by atoms with Gasteiger partial charge in [-0.3, -0.25) is 14.4 Å². The highest BCUT2D eigenvalue weighted by Crippen LogP contribution is 2.32. The van der Waals surface area contributed by atoms with E-state index in [1.54, 1.807) is 12.1 Å². The lowest BCUT2D eigenvalue weighted by Gasteiger charge is -2.10. The largest absolute Gasteiger partial charge is 0.484 e. The van der Waals surface area contributed by atoms with Crippen LogP contribution in [0.2, 0.25) is 0 Å². The third-order valence-corrected chi connectivity index (χ3v) is 5.42. The first-order chi connectivity index (χ1) is 16.2. The number of halogens is 3. The number of nitrogens with zero attached hydrogens (tertiary/aromatic N) is 1. The number of carbonyl (C=O) groups excluding carboxylic acids is 2. The van der Waals surface area contributed by atoms with Gasteiger partial charge in [0.15, 0.2) is 17.0 Å². The third-order valence-electron chi connectivity index (χ3n) is 4.38. The molecule has 0 unspecified atom stereocenters. The van der Waals surface area contributed by atoms with Crippen LogP contribution >= 0.6 is 11.3 Å². The topological polar surface area (TPSA) is 111 Å². The Bertz CT molecular complexity index is 1430. The molecule has 0 atom stereocenters. The molecule has 12 heteroatoms. The number of thiazole rings is 1. The van der Waals surface area contributed by atoms with E-state index in [4.69, 9.17) is 9.15 Å². The first-order valence-electron chi connectivity index (χ1n) is 9.58. The van der Waals surface area contributed by atoms with Gasteiger partial charge in [-0.05, 0) is 30.3 Å². The Morgan fingerprint density at radius 3 is 2.56 bits per heavy atom. The molecule has 2 aromatic carbocycles. The Kier molecular flexibility index (Phi) is 6.32. The Hall–Kier alpha value is -4.19. The van der Waals surface area contributed by atoms with Gasteiger partial charge in [0.2, 0.25) is 0 Å². The lowest BCUT2D eigenvalue weighted by atomic mass is 10.2. The number of anilines is 2. The van der Waals surface area contributed by atoms with Crippen molar-refractivity contribution in [2.45, 2.75) is 6.18 Å². The molecule has 0 saturated carbocycles. The number of amides is 2. The molecule has 2 amide bonds. The normalized spacial score (nSPS) is 11.3. The van der Waals surface area contributed by atoms with Gasteiger partial charge >= 0.3 is 6.18 Å². The number of ether oxygens (including phenoxy) is 1. The van der Waals surface area contributed by atoms with Gasteiger partial charge in [0.25, 0.3) is 11.8 Å². The van der Waals surface area contributed by atoms with E-state index in [0.717, 1.165) is 6.20 Å². The van der Waals surface area contributed by atoms with Crippen LogP contribution in [0.4, 0.5) is 24.5 Å². The summed E-state index contributed by atoms with van der Waals surface area (Å²) in [4.78, 5) is 39.2. The van der Waals surface area contributed by atoms with Crippen LogP contribution in [-0.2, 0) is 11.0 Å². The smallest absolute Gasteiger partial charge is 0.443 e. The van der Waals surface area contributed by atoms with Crippen LogP contribution in [0.5, 0.6) is 5.75 Å². The van der Waals surface area contributed by atoms with Gasteiger partial charge in [-0.25, -0.2) is 4.98 Å². The average Bonchev–Trinajstić information content (AvgIpc) is 3.29. The molecule has 8 nitrogen and oxygen atoms in total. The van der Waals surface area contributed by atoms with Crippen LogP contribution in [0, 0.1) is 0 Å². The van der Waals surface area contributed by atoms with Crippen LogP contribution in [0.1, 0.15) is 14.7 Å². The van der Waals surface area contributed by atoms with Crippen molar-refractivity contribution in [2.75, 3.05) is 17.2 Å². The molecule has 2 aromatic heterocycles. The fourth-order valence-electron chi connectivity index (χ4n) is 2.88. The van der Waals surface area contributed by atoms with E-state index in [-0.39, 0.29) is 33.9 Å². The molecule has 0 aliphatic carbocycles. The second-order valence-electron chi connectivity index (χ2n) is 6.84. The summed E-state index contributed by atoms with van der Waals surface area (Å²) in [5.74, 6) is -0.945. The number of carbonyl (C=O) groups is 2. The second-order valence-corrected chi connectivity index (χ2v) is 7.87. The van der Waals surface area contributed by atoms with E-state index in [1.807, 2.05) is 0 Å². The maximum atomic E-state index is 12.7. The summed E-state index contributed by atoms with van der Waals surface area (Å²) < 4.78 is 48.7. The Morgan fingerprint density at radius 2 is 1.82 bits per heavy atom. The Balaban J connectivity index is 1.35. The first kappa shape index (κ1) is 23.0. The first-order valence-corrected chi connectivity index (χ1v) is 10.4. The van der Waals surface area contributed by atoms with Gasteiger partial charge in [-0.15, -0.1) is 11.3 Å². The summed E-state index contributed by atoms with van der Waals surface area (Å²) in [6, 6.07) is 11.9. The van der Waals surface area contributed by atoms with Gasteiger partial charge in [-0.1, -0.05) is 6.07 Å². The molecule has 4 aromatic rings. The van der Waals surface area contributed by atoms with Crippen molar-refractivity contribution in [3.05, 3.63) is 81.1 Å². The van der Waals surface area contributed by atoms with Crippen molar-refractivity contribution >= 4 is 45.5 Å². The number of benzene rings is 2. The second kappa shape index (κ2) is 9.35. The molecule has 0 fully saturated rings. The van der Waals surface area contributed by atoms with Gasteiger partial charge in [-0.2, -0.15) is 13.2 Å². The van der Waals surface area contributed by atoms with Crippen molar-refractivity contribution in [3.8, 4) is 5.75 Å². The van der Waals surface area contributed by atoms with Crippen molar-refractivity contribution in [2.24, 2.45) is 0 Å². The lowest BCUT2D eigenvalue weighted by Crippen LogP contribution is -2.20. The Labute approximate surface area is 193 Å². The highest BCUT2D eigenvalue weighted by atomic mass is 32.1. The SMILES string of the molecule is O=C(COc1ccc2c(=O)ccoc2c1)Nc1cccc(NC(=O)c2cnc(C(F)(F)F)s2)c1. The number of hydrogen-bond donors (Lipinski definition) is 2.